The first-order chi connectivity index (χ1) is 19.7. The highest BCUT2D eigenvalue weighted by Crippen LogP contribution is 2.33. The third-order valence-corrected chi connectivity index (χ3v) is 7.67. The van der Waals surface area contributed by atoms with Crippen LogP contribution in [0.5, 0.6) is 5.75 Å². The number of benzene rings is 2. The molecule has 1 aliphatic heterocycles. The monoisotopic (exact) mass is 554 g/mol. The number of phenols is 1. The number of hydrogen-bond donors (Lipinski definition) is 3. The molecular formula is C31H34N6O4. The number of aryl methyl sites for hydroxylation is 2. The average molecular weight is 555 g/mol. The Morgan fingerprint density at radius 3 is 2.46 bits per heavy atom. The molecule has 1 aliphatic rings. The third-order valence-electron chi connectivity index (χ3n) is 7.67. The summed E-state index contributed by atoms with van der Waals surface area (Å²) in [7, 11) is 0. The lowest BCUT2D eigenvalue weighted by molar-refractivity contribution is -0.133. The second kappa shape index (κ2) is 11.9. The fourth-order valence-electron chi connectivity index (χ4n) is 5.48. The molecule has 2 aromatic heterocycles. The molecule has 1 saturated heterocycles. The van der Waals surface area contributed by atoms with Gasteiger partial charge in [-0.3, -0.25) is 9.78 Å². The molecule has 0 radical (unpaired) electrons. The van der Waals surface area contributed by atoms with Crippen LogP contribution in [0.25, 0.3) is 11.0 Å². The number of nitrogens with one attached hydrogen (secondary N) is 1. The van der Waals surface area contributed by atoms with E-state index in [4.69, 9.17) is 5.11 Å². The Bertz CT molecular complexity index is 1600. The van der Waals surface area contributed by atoms with Crippen LogP contribution in [-0.2, 0) is 11.2 Å². The minimum absolute atomic E-state index is 0.188. The number of hydrogen-bond acceptors (Lipinski definition) is 7. The number of rotatable bonds is 8. The van der Waals surface area contributed by atoms with Gasteiger partial charge in [0.1, 0.15) is 22.7 Å². The maximum absolute atomic E-state index is 13.1. The SMILES string of the molecule is Cc1nc2c(C)ncc(C3CCN(C(=O)CC(C)Cc4ccc(N=Nc5ccc(O)c(C(=O)O)c5)cc4)CC3)c2[nH]1. The van der Waals surface area contributed by atoms with Gasteiger partial charge in [0.15, 0.2) is 0 Å². The van der Waals surface area contributed by atoms with Crippen LogP contribution in [0.15, 0.2) is 58.9 Å². The summed E-state index contributed by atoms with van der Waals surface area (Å²) >= 11 is 0. The lowest BCUT2D eigenvalue weighted by Crippen LogP contribution is -2.38. The number of nitrogens with zero attached hydrogens (tertiary/aromatic N) is 5. The van der Waals surface area contributed by atoms with E-state index in [-0.39, 0.29) is 23.1 Å². The summed E-state index contributed by atoms with van der Waals surface area (Å²) in [5.41, 5.74) is 5.98. The van der Waals surface area contributed by atoms with E-state index in [1.807, 2.05) is 49.2 Å². The molecule has 10 nitrogen and oxygen atoms in total. The van der Waals surface area contributed by atoms with Crippen molar-refractivity contribution < 1.29 is 19.8 Å². The minimum atomic E-state index is -1.23. The molecule has 1 amide bonds. The zero-order chi connectivity index (χ0) is 29.1. The van der Waals surface area contributed by atoms with Crippen molar-refractivity contribution in [2.45, 2.75) is 52.4 Å². The van der Waals surface area contributed by atoms with Gasteiger partial charge in [0.25, 0.3) is 0 Å². The summed E-state index contributed by atoms with van der Waals surface area (Å²) in [6.07, 6.45) is 5.06. The minimum Gasteiger partial charge on any atom is -0.507 e. The number of aromatic amines is 1. The fourth-order valence-corrected chi connectivity index (χ4v) is 5.48. The van der Waals surface area contributed by atoms with Crippen molar-refractivity contribution in [1.29, 1.82) is 0 Å². The van der Waals surface area contributed by atoms with Crippen LogP contribution in [0.4, 0.5) is 11.4 Å². The van der Waals surface area contributed by atoms with Crippen LogP contribution in [0.3, 0.4) is 0 Å². The van der Waals surface area contributed by atoms with E-state index in [9.17, 15) is 14.7 Å². The predicted octanol–water partition coefficient (Wildman–Crippen LogP) is 6.37. The molecule has 3 N–H and O–H groups in total. The summed E-state index contributed by atoms with van der Waals surface area (Å²) in [5.74, 6) is 0.0862. The number of carboxylic acids is 1. The van der Waals surface area contributed by atoms with Gasteiger partial charge in [0.05, 0.1) is 22.6 Å². The number of likely N-dealkylation sites (tertiary alicyclic amines) is 1. The van der Waals surface area contributed by atoms with E-state index < -0.39 is 5.97 Å². The van der Waals surface area contributed by atoms with E-state index >= 15 is 0 Å². The largest absolute Gasteiger partial charge is 0.507 e. The molecule has 2 aromatic carbocycles. The highest BCUT2D eigenvalue weighted by Gasteiger charge is 2.27. The van der Waals surface area contributed by atoms with Crippen LogP contribution in [0.1, 0.15) is 65.1 Å². The van der Waals surface area contributed by atoms with Gasteiger partial charge >= 0.3 is 5.97 Å². The topological polar surface area (TPSA) is 144 Å². The summed E-state index contributed by atoms with van der Waals surface area (Å²) in [5, 5.41) is 27.0. The number of piperidine rings is 1. The van der Waals surface area contributed by atoms with E-state index in [2.05, 4.69) is 32.1 Å². The molecule has 10 heteroatoms. The smallest absolute Gasteiger partial charge is 0.339 e. The summed E-state index contributed by atoms with van der Waals surface area (Å²) < 4.78 is 0. The number of azo groups is 1. The molecule has 0 bridgehead atoms. The predicted molar refractivity (Wildman–Crippen MR) is 155 cm³/mol. The maximum atomic E-state index is 13.1. The molecule has 0 saturated carbocycles. The Hall–Kier alpha value is -4.60. The van der Waals surface area contributed by atoms with Crippen LogP contribution >= 0.6 is 0 Å². The summed E-state index contributed by atoms with van der Waals surface area (Å²) in [6, 6.07) is 11.7. The number of aromatic carboxylic acids is 1. The van der Waals surface area contributed by atoms with Crippen molar-refractivity contribution in [1.82, 2.24) is 19.9 Å². The number of aromatic hydroxyl groups is 1. The Balaban J connectivity index is 1.12. The Morgan fingerprint density at radius 1 is 1.07 bits per heavy atom. The first kappa shape index (κ1) is 27.9. The fraction of sp³-hybridized carbons (Fsp3) is 0.355. The standard InChI is InChI=1S/C31H34N6O4/c1-18(14-21-4-6-23(7-5-21)35-36-24-8-9-27(38)25(16-24)31(40)41)15-28(39)37-12-10-22(11-13-37)26-17-32-19(2)29-30(26)34-20(3)33-29/h4-9,16-18,22,38H,10-15H2,1-3H3,(H,33,34)(H,40,41). The van der Waals surface area contributed by atoms with Gasteiger partial charge < -0.3 is 20.1 Å². The number of pyridine rings is 1. The zero-order valence-electron chi connectivity index (χ0n) is 23.5. The van der Waals surface area contributed by atoms with Crippen molar-refractivity contribution in [3.05, 3.63) is 76.9 Å². The van der Waals surface area contributed by atoms with E-state index in [1.165, 1.54) is 23.8 Å². The highest BCUT2D eigenvalue weighted by molar-refractivity contribution is 5.91. The van der Waals surface area contributed by atoms with Gasteiger partial charge in [-0.2, -0.15) is 10.2 Å². The van der Waals surface area contributed by atoms with E-state index in [1.54, 1.807) is 0 Å². The van der Waals surface area contributed by atoms with Gasteiger partial charge in [-0.25, -0.2) is 9.78 Å². The average Bonchev–Trinajstić information content (AvgIpc) is 3.35. The maximum Gasteiger partial charge on any atom is 0.339 e. The lowest BCUT2D eigenvalue weighted by atomic mass is 9.89. The first-order valence-corrected chi connectivity index (χ1v) is 13.8. The number of H-pyrrole nitrogens is 1. The van der Waals surface area contributed by atoms with Crippen LogP contribution < -0.4 is 0 Å². The van der Waals surface area contributed by atoms with Gasteiger partial charge in [-0.15, -0.1) is 0 Å². The second-order valence-corrected chi connectivity index (χ2v) is 10.9. The number of carboxylic acid groups (broad SMARTS) is 1. The molecule has 4 aromatic rings. The van der Waals surface area contributed by atoms with Gasteiger partial charge in [0, 0.05) is 25.7 Å². The number of amides is 1. The molecule has 0 aliphatic carbocycles. The number of fused-ring (bicyclic) bond motifs is 1. The molecule has 5 rings (SSSR count). The van der Waals surface area contributed by atoms with Crippen molar-refractivity contribution in [3.63, 3.8) is 0 Å². The van der Waals surface area contributed by atoms with E-state index in [0.717, 1.165) is 60.5 Å². The Kier molecular flexibility index (Phi) is 8.09. The number of carbonyl (C=O) groups is 2. The van der Waals surface area contributed by atoms with Gasteiger partial charge in [0.2, 0.25) is 5.91 Å². The quantitative estimate of drug-likeness (QED) is 0.216. The Labute approximate surface area is 238 Å². The van der Waals surface area contributed by atoms with Crippen LogP contribution in [-0.4, -0.2) is 55.0 Å². The van der Waals surface area contributed by atoms with Gasteiger partial charge in [-0.1, -0.05) is 19.1 Å². The highest BCUT2D eigenvalue weighted by atomic mass is 16.4. The lowest BCUT2D eigenvalue weighted by Gasteiger charge is -2.33. The molecule has 1 atom stereocenters. The summed E-state index contributed by atoms with van der Waals surface area (Å²) in [6.45, 7) is 7.53. The molecule has 3 heterocycles. The molecule has 1 unspecified atom stereocenters. The van der Waals surface area contributed by atoms with Crippen molar-refractivity contribution in [3.8, 4) is 5.75 Å². The molecule has 1 fully saturated rings. The van der Waals surface area contributed by atoms with Gasteiger partial charge in [-0.05, 0) is 86.4 Å². The number of imidazole rings is 1. The normalized spacial score (nSPS) is 15.0. The van der Waals surface area contributed by atoms with Crippen LogP contribution in [0, 0.1) is 19.8 Å². The number of carbonyl (C=O) groups excluding carboxylic acids is 1. The molecule has 0 spiro atoms. The molecular weight excluding hydrogens is 520 g/mol. The number of aromatic nitrogens is 3. The second-order valence-electron chi connectivity index (χ2n) is 10.9. The molecule has 41 heavy (non-hydrogen) atoms. The Morgan fingerprint density at radius 2 is 1.76 bits per heavy atom. The van der Waals surface area contributed by atoms with Crippen molar-refractivity contribution in [2.24, 2.45) is 16.1 Å². The third kappa shape index (κ3) is 6.42. The van der Waals surface area contributed by atoms with Crippen molar-refractivity contribution >= 4 is 34.3 Å². The van der Waals surface area contributed by atoms with E-state index in [0.29, 0.717) is 23.7 Å². The van der Waals surface area contributed by atoms with Crippen molar-refractivity contribution in [2.75, 3.05) is 13.1 Å². The van der Waals surface area contributed by atoms with Crippen LogP contribution in [0.2, 0.25) is 0 Å². The zero-order valence-corrected chi connectivity index (χ0v) is 23.5. The summed E-state index contributed by atoms with van der Waals surface area (Å²) in [4.78, 5) is 38.8. The first-order valence-electron chi connectivity index (χ1n) is 13.8. The molecule has 212 valence electrons.